The molecular weight excluding hydrogens is 382 g/mol. The number of aromatic nitrogens is 3. The zero-order valence-corrected chi connectivity index (χ0v) is 17.8. The number of hydrogen-bond acceptors (Lipinski definition) is 3. The average Bonchev–Trinajstić information content (AvgIpc) is 3.40. The topological polar surface area (TPSA) is 43.9 Å². The minimum Gasteiger partial charge on any atom is -0.419 e. The second kappa shape index (κ2) is 8.23. The van der Waals surface area contributed by atoms with Crippen molar-refractivity contribution in [1.29, 1.82) is 0 Å². The highest BCUT2D eigenvalue weighted by Crippen LogP contribution is 2.37. The van der Waals surface area contributed by atoms with Crippen LogP contribution in [0.1, 0.15) is 36.9 Å². The predicted molar refractivity (Wildman–Crippen MR) is 124 cm³/mol. The molecule has 0 saturated carbocycles. The summed E-state index contributed by atoms with van der Waals surface area (Å²) in [5, 5.41) is 9.90. The zero-order chi connectivity index (χ0) is 21.2. The van der Waals surface area contributed by atoms with Crippen LogP contribution in [0.5, 0.6) is 0 Å². The van der Waals surface area contributed by atoms with Crippen molar-refractivity contribution in [2.45, 2.75) is 26.3 Å². The summed E-state index contributed by atoms with van der Waals surface area (Å²) in [5.41, 5.74) is 4.48. The van der Waals surface area contributed by atoms with E-state index in [-0.39, 0.29) is 6.04 Å². The van der Waals surface area contributed by atoms with Crippen LogP contribution >= 0.6 is 0 Å². The molecule has 0 N–H and O–H groups in total. The fraction of sp³-hybridized carbons (Fsp3) is 0.185. The van der Waals surface area contributed by atoms with Crippen molar-refractivity contribution >= 4 is 10.9 Å². The van der Waals surface area contributed by atoms with Crippen molar-refractivity contribution in [2.24, 2.45) is 5.92 Å². The number of nitrogens with zero attached hydrogens (tertiary/aromatic N) is 3. The van der Waals surface area contributed by atoms with E-state index < -0.39 is 0 Å². The van der Waals surface area contributed by atoms with Crippen molar-refractivity contribution in [2.75, 3.05) is 0 Å². The van der Waals surface area contributed by atoms with Crippen LogP contribution in [0.3, 0.4) is 0 Å². The molecule has 0 spiro atoms. The lowest BCUT2D eigenvalue weighted by atomic mass is 9.98. The maximum atomic E-state index is 6.13. The molecule has 154 valence electrons. The minimum atomic E-state index is -0.0160. The molecule has 4 heteroatoms. The molecule has 0 aliphatic heterocycles. The van der Waals surface area contributed by atoms with Gasteiger partial charge in [-0.3, -0.25) is 0 Å². The van der Waals surface area contributed by atoms with Crippen LogP contribution in [0.15, 0.2) is 95.4 Å². The fourth-order valence-corrected chi connectivity index (χ4v) is 4.17. The Morgan fingerprint density at radius 1 is 0.774 bits per heavy atom. The maximum absolute atomic E-state index is 6.13. The number of fused-ring (bicyclic) bond motifs is 1. The van der Waals surface area contributed by atoms with Gasteiger partial charge in [0, 0.05) is 17.3 Å². The quantitative estimate of drug-likeness (QED) is 0.321. The molecule has 0 unspecified atom stereocenters. The summed E-state index contributed by atoms with van der Waals surface area (Å²) in [6.45, 7) is 4.31. The molecule has 5 rings (SSSR count). The lowest BCUT2D eigenvalue weighted by Crippen LogP contribution is -2.13. The van der Waals surface area contributed by atoms with Gasteiger partial charge in [-0.1, -0.05) is 92.7 Å². The van der Waals surface area contributed by atoms with E-state index in [1.54, 1.807) is 0 Å². The first kappa shape index (κ1) is 19.3. The first-order valence-corrected chi connectivity index (χ1v) is 10.7. The lowest BCUT2D eigenvalue weighted by Gasteiger charge is -2.23. The largest absolute Gasteiger partial charge is 0.419 e. The maximum Gasteiger partial charge on any atom is 0.264 e. The van der Waals surface area contributed by atoms with Crippen LogP contribution in [-0.4, -0.2) is 14.8 Å². The molecule has 2 aromatic heterocycles. The van der Waals surface area contributed by atoms with Crippen LogP contribution < -0.4 is 0 Å². The molecule has 2 heterocycles. The summed E-state index contributed by atoms with van der Waals surface area (Å²) in [6.07, 6.45) is 0.772. The Morgan fingerprint density at radius 2 is 1.39 bits per heavy atom. The van der Waals surface area contributed by atoms with Crippen molar-refractivity contribution in [3.8, 4) is 11.6 Å². The molecule has 3 aromatic carbocycles. The standard InChI is InChI=1S/C27H25N3O/c1-19(2)17-25-28-29-27(31-25)24-18-22-15-9-10-16-23(22)30(24)26(20-11-5-3-6-12-20)21-13-7-4-8-14-21/h3-16,18-19,26H,17H2,1-2H3. The highest BCUT2D eigenvalue weighted by Gasteiger charge is 2.24. The first-order chi connectivity index (χ1) is 15.2. The Hall–Kier alpha value is -3.66. The fourth-order valence-electron chi connectivity index (χ4n) is 4.17. The molecule has 5 aromatic rings. The molecule has 0 radical (unpaired) electrons. The van der Waals surface area contributed by atoms with E-state index in [0.717, 1.165) is 23.0 Å². The van der Waals surface area contributed by atoms with Gasteiger partial charge in [-0.25, -0.2) is 0 Å². The van der Waals surface area contributed by atoms with Gasteiger partial charge < -0.3 is 8.98 Å². The van der Waals surface area contributed by atoms with E-state index in [9.17, 15) is 0 Å². The van der Waals surface area contributed by atoms with Gasteiger partial charge in [0.2, 0.25) is 5.89 Å². The monoisotopic (exact) mass is 407 g/mol. The van der Waals surface area contributed by atoms with Gasteiger partial charge in [-0.2, -0.15) is 0 Å². The molecule has 0 aliphatic carbocycles. The van der Waals surface area contributed by atoms with E-state index in [2.05, 4.69) is 120 Å². The van der Waals surface area contributed by atoms with Crippen LogP contribution in [0.4, 0.5) is 0 Å². The molecule has 4 nitrogen and oxygen atoms in total. The third-order valence-corrected chi connectivity index (χ3v) is 5.51. The summed E-state index contributed by atoms with van der Waals surface area (Å²) >= 11 is 0. The van der Waals surface area contributed by atoms with E-state index in [0.29, 0.717) is 17.7 Å². The van der Waals surface area contributed by atoms with E-state index in [4.69, 9.17) is 4.42 Å². The van der Waals surface area contributed by atoms with Gasteiger partial charge in [-0.15, -0.1) is 10.2 Å². The van der Waals surface area contributed by atoms with Crippen LogP contribution in [0.2, 0.25) is 0 Å². The molecule has 0 fully saturated rings. The summed E-state index contributed by atoms with van der Waals surface area (Å²) in [5.74, 6) is 1.70. The summed E-state index contributed by atoms with van der Waals surface area (Å²) in [7, 11) is 0. The Morgan fingerprint density at radius 3 is 2.03 bits per heavy atom. The highest BCUT2D eigenvalue weighted by atomic mass is 16.4. The first-order valence-electron chi connectivity index (χ1n) is 10.7. The van der Waals surface area contributed by atoms with Crippen LogP contribution in [-0.2, 0) is 6.42 Å². The summed E-state index contributed by atoms with van der Waals surface area (Å²) in [6, 6.07) is 31.7. The molecule has 0 bridgehead atoms. The number of para-hydroxylation sites is 1. The SMILES string of the molecule is CC(C)Cc1nnc(-c2cc3ccccc3n2C(c2ccccc2)c2ccccc2)o1. The molecule has 0 saturated heterocycles. The molecular formula is C27H25N3O. The number of benzene rings is 3. The minimum absolute atomic E-state index is 0.0160. The summed E-state index contributed by atoms with van der Waals surface area (Å²) in [4.78, 5) is 0. The van der Waals surface area contributed by atoms with Gasteiger partial charge >= 0.3 is 0 Å². The number of hydrogen-bond donors (Lipinski definition) is 0. The molecule has 31 heavy (non-hydrogen) atoms. The Labute approximate surface area is 182 Å². The smallest absolute Gasteiger partial charge is 0.264 e. The lowest BCUT2D eigenvalue weighted by molar-refractivity contribution is 0.463. The van der Waals surface area contributed by atoms with Gasteiger partial charge in [0.15, 0.2) is 0 Å². The molecule has 0 amide bonds. The second-order valence-corrected chi connectivity index (χ2v) is 8.28. The van der Waals surface area contributed by atoms with Gasteiger partial charge in [0.1, 0.15) is 5.69 Å². The second-order valence-electron chi connectivity index (χ2n) is 8.28. The van der Waals surface area contributed by atoms with Crippen LogP contribution in [0.25, 0.3) is 22.5 Å². The Balaban J connectivity index is 1.76. The van der Waals surface area contributed by atoms with E-state index in [1.165, 1.54) is 11.1 Å². The third kappa shape index (κ3) is 3.77. The van der Waals surface area contributed by atoms with Crippen molar-refractivity contribution < 1.29 is 4.42 Å². The molecule has 0 aliphatic rings. The van der Waals surface area contributed by atoms with Crippen molar-refractivity contribution in [1.82, 2.24) is 14.8 Å². The Kier molecular flexibility index (Phi) is 5.13. The normalized spacial score (nSPS) is 11.6. The Bertz CT molecular complexity index is 1250. The summed E-state index contributed by atoms with van der Waals surface area (Å²) < 4.78 is 8.46. The average molecular weight is 408 g/mol. The highest BCUT2D eigenvalue weighted by molar-refractivity contribution is 5.86. The zero-order valence-electron chi connectivity index (χ0n) is 17.8. The third-order valence-electron chi connectivity index (χ3n) is 5.51. The van der Waals surface area contributed by atoms with Crippen molar-refractivity contribution in [3.63, 3.8) is 0 Å². The van der Waals surface area contributed by atoms with Gasteiger partial charge in [-0.05, 0) is 29.2 Å². The van der Waals surface area contributed by atoms with Crippen LogP contribution in [0, 0.1) is 5.92 Å². The van der Waals surface area contributed by atoms with E-state index >= 15 is 0 Å². The van der Waals surface area contributed by atoms with Gasteiger partial charge in [0.25, 0.3) is 5.89 Å². The van der Waals surface area contributed by atoms with E-state index in [1.807, 2.05) is 0 Å². The van der Waals surface area contributed by atoms with Gasteiger partial charge in [0.05, 0.1) is 6.04 Å². The predicted octanol–water partition coefficient (Wildman–Crippen LogP) is 6.53. The molecule has 0 atom stereocenters. The van der Waals surface area contributed by atoms with Crippen molar-refractivity contribution in [3.05, 3.63) is 108 Å². The number of rotatable bonds is 6.